The van der Waals surface area contributed by atoms with Crippen molar-refractivity contribution in [3.05, 3.63) is 46.0 Å². The zero-order chi connectivity index (χ0) is 13.8. The summed E-state index contributed by atoms with van der Waals surface area (Å²) in [5.41, 5.74) is 0.528. The maximum atomic E-state index is 11.7. The van der Waals surface area contributed by atoms with Gasteiger partial charge in [-0.2, -0.15) is 4.98 Å². The lowest BCUT2D eigenvalue weighted by atomic mass is 10.2. The SMILES string of the molecule is COc1ccccc1CNc1c(O)nc(C)[nH]c1=O. The van der Waals surface area contributed by atoms with Crippen molar-refractivity contribution in [2.24, 2.45) is 0 Å². The molecule has 6 heteroatoms. The molecule has 19 heavy (non-hydrogen) atoms. The fourth-order valence-corrected chi connectivity index (χ4v) is 1.76. The summed E-state index contributed by atoms with van der Waals surface area (Å²) < 4.78 is 5.21. The predicted octanol–water partition coefficient (Wildman–Crippen LogP) is 1.40. The standard InChI is InChI=1S/C13H15N3O3/c1-8-15-12(17)11(13(18)16-8)14-7-9-5-3-4-6-10(9)19-2/h3-6,14H,7H2,1-2H3,(H2,15,16,17,18). The monoisotopic (exact) mass is 261 g/mol. The van der Waals surface area contributed by atoms with E-state index in [4.69, 9.17) is 4.74 Å². The molecular formula is C13H15N3O3. The van der Waals surface area contributed by atoms with Gasteiger partial charge in [-0.1, -0.05) is 18.2 Å². The largest absolute Gasteiger partial charge is 0.496 e. The van der Waals surface area contributed by atoms with Crippen molar-refractivity contribution in [3.8, 4) is 11.6 Å². The second-order valence-electron chi connectivity index (χ2n) is 4.02. The lowest BCUT2D eigenvalue weighted by Crippen LogP contribution is -2.16. The molecule has 2 aromatic rings. The zero-order valence-corrected chi connectivity index (χ0v) is 10.7. The van der Waals surface area contributed by atoms with Crippen LogP contribution in [0.3, 0.4) is 0 Å². The van der Waals surface area contributed by atoms with Crippen LogP contribution in [0.5, 0.6) is 11.6 Å². The molecule has 0 fully saturated rings. The summed E-state index contributed by atoms with van der Waals surface area (Å²) in [5, 5.41) is 12.5. The molecule has 0 aliphatic rings. The molecule has 0 aliphatic heterocycles. The Balaban J connectivity index is 2.22. The Kier molecular flexibility index (Phi) is 3.70. The normalized spacial score (nSPS) is 10.2. The first-order chi connectivity index (χ1) is 9.11. The third-order valence-electron chi connectivity index (χ3n) is 2.67. The number of benzene rings is 1. The van der Waals surface area contributed by atoms with Gasteiger partial charge in [-0.05, 0) is 13.0 Å². The van der Waals surface area contributed by atoms with Gasteiger partial charge in [0, 0.05) is 12.1 Å². The van der Waals surface area contributed by atoms with Crippen molar-refractivity contribution >= 4 is 5.69 Å². The maximum absolute atomic E-state index is 11.7. The number of aromatic hydroxyl groups is 1. The van der Waals surface area contributed by atoms with E-state index >= 15 is 0 Å². The van der Waals surface area contributed by atoms with E-state index in [9.17, 15) is 9.90 Å². The first kappa shape index (κ1) is 12.9. The minimum absolute atomic E-state index is 0.0523. The van der Waals surface area contributed by atoms with Crippen LogP contribution in [0.15, 0.2) is 29.1 Å². The summed E-state index contributed by atoms with van der Waals surface area (Å²) in [6.07, 6.45) is 0. The van der Waals surface area contributed by atoms with Crippen LogP contribution in [0.1, 0.15) is 11.4 Å². The first-order valence-electron chi connectivity index (χ1n) is 5.77. The van der Waals surface area contributed by atoms with Gasteiger partial charge in [-0.3, -0.25) is 4.79 Å². The summed E-state index contributed by atoms with van der Waals surface area (Å²) in [6.45, 7) is 1.95. The molecule has 0 radical (unpaired) electrons. The Bertz CT molecular complexity index is 637. The van der Waals surface area contributed by atoms with E-state index in [0.29, 0.717) is 18.1 Å². The van der Waals surface area contributed by atoms with Crippen LogP contribution in [-0.2, 0) is 6.54 Å². The number of hydrogen-bond donors (Lipinski definition) is 3. The molecule has 0 bridgehead atoms. The maximum Gasteiger partial charge on any atom is 0.278 e. The lowest BCUT2D eigenvalue weighted by molar-refractivity contribution is 0.410. The minimum atomic E-state index is -0.403. The molecule has 1 aromatic heterocycles. The zero-order valence-electron chi connectivity index (χ0n) is 10.7. The Morgan fingerprint density at radius 1 is 1.42 bits per heavy atom. The number of para-hydroxylation sites is 1. The second kappa shape index (κ2) is 5.43. The molecule has 1 aromatic carbocycles. The molecule has 100 valence electrons. The quantitative estimate of drug-likeness (QED) is 0.774. The highest BCUT2D eigenvalue weighted by atomic mass is 16.5. The molecule has 0 saturated carbocycles. The van der Waals surface area contributed by atoms with Gasteiger partial charge in [0.1, 0.15) is 11.6 Å². The number of nitrogens with one attached hydrogen (secondary N) is 2. The fraction of sp³-hybridized carbons (Fsp3) is 0.231. The van der Waals surface area contributed by atoms with Crippen molar-refractivity contribution in [2.75, 3.05) is 12.4 Å². The summed E-state index contributed by atoms with van der Waals surface area (Å²) in [6, 6.07) is 7.43. The van der Waals surface area contributed by atoms with Crippen LogP contribution in [0.4, 0.5) is 5.69 Å². The smallest absolute Gasteiger partial charge is 0.278 e. The predicted molar refractivity (Wildman–Crippen MR) is 71.6 cm³/mol. The Labute approximate surface area is 110 Å². The first-order valence-corrected chi connectivity index (χ1v) is 5.77. The van der Waals surface area contributed by atoms with Crippen LogP contribution in [0, 0.1) is 6.92 Å². The topological polar surface area (TPSA) is 87.2 Å². The van der Waals surface area contributed by atoms with E-state index in [2.05, 4.69) is 15.3 Å². The minimum Gasteiger partial charge on any atom is -0.496 e. The molecule has 6 nitrogen and oxygen atoms in total. The van der Waals surface area contributed by atoms with Gasteiger partial charge in [0.25, 0.3) is 5.56 Å². The molecule has 1 heterocycles. The van der Waals surface area contributed by atoms with Crippen LogP contribution < -0.4 is 15.6 Å². The van der Waals surface area contributed by atoms with Crippen molar-refractivity contribution in [1.29, 1.82) is 0 Å². The van der Waals surface area contributed by atoms with Crippen molar-refractivity contribution in [2.45, 2.75) is 13.5 Å². The van der Waals surface area contributed by atoms with Gasteiger partial charge >= 0.3 is 0 Å². The van der Waals surface area contributed by atoms with E-state index in [1.165, 1.54) is 0 Å². The molecular weight excluding hydrogens is 246 g/mol. The summed E-state index contributed by atoms with van der Waals surface area (Å²) >= 11 is 0. The van der Waals surface area contributed by atoms with Crippen molar-refractivity contribution < 1.29 is 9.84 Å². The number of aromatic amines is 1. The molecule has 0 saturated heterocycles. The van der Waals surface area contributed by atoms with Crippen molar-refractivity contribution in [3.63, 3.8) is 0 Å². The molecule has 0 atom stereocenters. The summed E-state index contributed by atoms with van der Waals surface area (Å²) in [4.78, 5) is 18.0. The van der Waals surface area contributed by atoms with Crippen LogP contribution in [-0.4, -0.2) is 22.2 Å². The van der Waals surface area contributed by atoms with E-state index < -0.39 is 5.56 Å². The highest BCUT2D eigenvalue weighted by Crippen LogP contribution is 2.20. The molecule has 0 spiro atoms. The fourth-order valence-electron chi connectivity index (χ4n) is 1.76. The van der Waals surface area contributed by atoms with Gasteiger partial charge in [-0.25, -0.2) is 0 Å². The Morgan fingerprint density at radius 3 is 2.84 bits per heavy atom. The number of anilines is 1. The molecule has 3 N–H and O–H groups in total. The number of hydrogen-bond acceptors (Lipinski definition) is 5. The van der Waals surface area contributed by atoms with Crippen LogP contribution >= 0.6 is 0 Å². The van der Waals surface area contributed by atoms with Gasteiger partial charge in [0.05, 0.1) is 7.11 Å². The van der Waals surface area contributed by atoms with Gasteiger partial charge in [0.2, 0.25) is 5.88 Å². The number of methoxy groups -OCH3 is 1. The number of rotatable bonds is 4. The number of H-pyrrole nitrogens is 1. The highest BCUT2D eigenvalue weighted by Gasteiger charge is 2.09. The van der Waals surface area contributed by atoms with E-state index in [0.717, 1.165) is 5.56 Å². The van der Waals surface area contributed by atoms with Crippen molar-refractivity contribution in [1.82, 2.24) is 9.97 Å². The average Bonchev–Trinajstić information content (AvgIpc) is 2.38. The molecule has 0 amide bonds. The average molecular weight is 261 g/mol. The molecule has 0 unspecified atom stereocenters. The van der Waals surface area contributed by atoms with Crippen LogP contribution in [0.2, 0.25) is 0 Å². The van der Waals surface area contributed by atoms with E-state index in [1.54, 1.807) is 14.0 Å². The Hall–Kier alpha value is -2.50. The number of nitrogens with zero attached hydrogens (tertiary/aromatic N) is 1. The Morgan fingerprint density at radius 2 is 2.16 bits per heavy atom. The van der Waals surface area contributed by atoms with Crippen LogP contribution in [0.25, 0.3) is 0 Å². The van der Waals surface area contributed by atoms with Gasteiger partial charge in [0.15, 0.2) is 5.69 Å². The highest BCUT2D eigenvalue weighted by molar-refractivity contribution is 5.51. The summed E-state index contributed by atoms with van der Waals surface area (Å²) in [5.74, 6) is 0.771. The second-order valence-corrected chi connectivity index (χ2v) is 4.02. The molecule has 0 aliphatic carbocycles. The van der Waals surface area contributed by atoms with E-state index in [-0.39, 0.29) is 11.6 Å². The molecule has 2 rings (SSSR count). The van der Waals surface area contributed by atoms with Gasteiger partial charge in [-0.15, -0.1) is 0 Å². The third-order valence-corrected chi connectivity index (χ3v) is 2.67. The number of aryl methyl sites for hydroxylation is 1. The number of aromatic nitrogens is 2. The van der Waals surface area contributed by atoms with Gasteiger partial charge < -0.3 is 20.1 Å². The summed E-state index contributed by atoms with van der Waals surface area (Å²) in [7, 11) is 1.58. The van der Waals surface area contributed by atoms with E-state index in [1.807, 2.05) is 24.3 Å². The number of ether oxygens (including phenoxy) is 1. The third kappa shape index (κ3) is 2.85. The lowest BCUT2D eigenvalue weighted by Gasteiger charge is -2.10.